The third-order valence-corrected chi connectivity index (χ3v) is 3.71. The maximum atomic E-state index is 9.05. The van der Waals surface area contributed by atoms with E-state index in [1.165, 1.54) is 0 Å². The van der Waals surface area contributed by atoms with Crippen LogP contribution in [-0.2, 0) is 15.6 Å². The van der Waals surface area contributed by atoms with Crippen LogP contribution < -0.4 is 5.90 Å². The smallest absolute Gasteiger partial charge is 0.155 e. The minimum atomic E-state index is -1.83. The fraction of sp³-hybridized carbons (Fsp3) is 0. The van der Waals surface area contributed by atoms with Crippen molar-refractivity contribution in [3.8, 4) is 0 Å². The average molecular weight is 191 g/mol. The molecule has 0 saturated heterocycles. The Morgan fingerprint density at radius 3 is 2.55 bits per heavy atom. The van der Waals surface area contributed by atoms with Crippen molar-refractivity contribution in [2.45, 2.75) is 4.90 Å². The predicted molar refractivity (Wildman–Crippen MR) is 49.3 cm³/mol. The van der Waals surface area contributed by atoms with E-state index in [0.29, 0.717) is 0 Å². The molecule has 0 saturated carbocycles. The van der Waals surface area contributed by atoms with E-state index in [4.69, 9.17) is 10.8 Å². The van der Waals surface area contributed by atoms with Crippen molar-refractivity contribution in [3.05, 3.63) is 30.3 Å². The Morgan fingerprint density at radius 1 is 1.36 bits per heavy atom. The van der Waals surface area contributed by atoms with Crippen molar-refractivity contribution in [3.63, 3.8) is 0 Å². The third kappa shape index (κ3) is 3.18. The van der Waals surface area contributed by atoms with Crippen molar-refractivity contribution >= 4 is 18.1 Å². The molecule has 0 aromatic heterocycles. The van der Waals surface area contributed by atoms with Gasteiger partial charge in [-0.15, -0.1) is 10.9 Å². The van der Waals surface area contributed by atoms with Crippen LogP contribution in [0.15, 0.2) is 35.2 Å². The minimum Gasteiger partial charge on any atom is -0.350 e. The van der Waals surface area contributed by atoms with Crippen molar-refractivity contribution in [2.75, 3.05) is 0 Å². The molecule has 1 aromatic rings. The second-order valence-electron chi connectivity index (χ2n) is 1.85. The van der Waals surface area contributed by atoms with Crippen LogP contribution in [0.25, 0.3) is 0 Å². The van der Waals surface area contributed by atoms with Gasteiger partial charge in [0.25, 0.3) is 0 Å². The molecule has 0 radical (unpaired) electrons. The molecule has 0 aliphatic carbocycles. The second kappa shape index (κ2) is 4.70. The van der Waals surface area contributed by atoms with Crippen LogP contribution in [0.2, 0.25) is 0 Å². The van der Waals surface area contributed by atoms with Crippen LogP contribution in [0.3, 0.4) is 0 Å². The maximum Gasteiger partial charge on any atom is 0.155 e. The molecule has 3 N–H and O–H groups in total. The topological polar surface area (TPSA) is 55.5 Å². The molecule has 5 heteroatoms. The summed E-state index contributed by atoms with van der Waals surface area (Å²) in [6.07, 6.45) is 0. The zero-order chi connectivity index (χ0) is 8.10. The minimum absolute atomic E-state index is 0.771. The molecule has 0 heterocycles. The molecule has 3 nitrogen and oxygen atoms in total. The molecule has 0 aliphatic rings. The van der Waals surface area contributed by atoms with Crippen LogP contribution in [0.4, 0.5) is 0 Å². The highest BCUT2D eigenvalue weighted by Crippen LogP contribution is 2.18. The lowest BCUT2D eigenvalue weighted by atomic mass is 10.4. The number of rotatable bonds is 2. The van der Waals surface area contributed by atoms with E-state index < -0.39 is 7.15 Å². The van der Waals surface area contributed by atoms with E-state index in [1.54, 1.807) is 0 Å². The summed E-state index contributed by atoms with van der Waals surface area (Å²) in [5.41, 5.74) is 0. The predicted octanol–water partition coefficient (Wildman–Crippen LogP) is 0.702. The molecule has 0 fully saturated rings. The first-order valence-electron chi connectivity index (χ1n) is 3.02. The SMILES string of the molecule is NO[PH](O)=[SH]c1ccccc1. The van der Waals surface area contributed by atoms with Gasteiger partial charge in [0.2, 0.25) is 0 Å². The Bertz CT molecular complexity index is 252. The van der Waals surface area contributed by atoms with Gasteiger partial charge in [-0.05, 0) is 12.1 Å². The molecule has 1 aromatic carbocycles. The van der Waals surface area contributed by atoms with Gasteiger partial charge in [-0.2, -0.15) is 0 Å². The van der Waals surface area contributed by atoms with Crippen LogP contribution in [-0.4, -0.2) is 4.89 Å². The van der Waals surface area contributed by atoms with Gasteiger partial charge in [0, 0.05) is 4.90 Å². The summed E-state index contributed by atoms with van der Waals surface area (Å²) >= 11 is 0. The number of nitrogens with two attached hydrogens (primary N) is 1. The highest BCUT2D eigenvalue weighted by Gasteiger charge is 1.85. The monoisotopic (exact) mass is 191 g/mol. The van der Waals surface area contributed by atoms with Crippen LogP contribution in [0, 0.1) is 0 Å². The molecule has 1 rings (SSSR count). The summed E-state index contributed by atoms with van der Waals surface area (Å²) in [6.45, 7) is 0. The first-order chi connectivity index (χ1) is 5.33. The highest BCUT2D eigenvalue weighted by molar-refractivity contribution is 8.11. The zero-order valence-electron chi connectivity index (χ0n) is 5.77. The second-order valence-corrected chi connectivity index (χ2v) is 5.21. The van der Waals surface area contributed by atoms with Gasteiger partial charge < -0.3 is 4.89 Å². The summed E-state index contributed by atoms with van der Waals surface area (Å²) < 4.78 is 4.30. The van der Waals surface area contributed by atoms with Crippen molar-refractivity contribution < 1.29 is 9.52 Å². The Kier molecular flexibility index (Phi) is 3.83. The lowest BCUT2D eigenvalue weighted by Gasteiger charge is -1.96. The largest absolute Gasteiger partial charge is 0.350 e. The van der Waals surface area contributed by atoms with Gasteiger partial charge >= 0.3 is 0 Å². The molecule has 62 valence electrons. The Morgan fingerprint density at radius 2 is 2.00 bits per heavy atom. The third-order valence-electron chi connectivity index (χ3n) is 1.09. The quantitative estimate of drug-likeness (QED) is 0.366. The molecule has 1 unspecified atom stereocenters. The molecule has 11 heavy (non-hydrogen) atoms. The molecular weight excluding hydrogens is 181 g/mol. The molecular formula is C6H10NO2PS. The van der Waals surface area contributed by atoms with E-state index in [9.17, 15) is 0 Å². The van der Waals surface area contributed by atoms with E-state index in [2.05, 4.69) is 4.62 Å². The van der Waals surface area contributed by atoms with Crippen molar-refractivity contribution in [1.82, 2.24) is 0 Å². The average Bonchev–Trinajstić information content (AvgIpc) is 2.06. The number of hydrogen-bond donors (Lipinski definition) is 3. The first-order valence-corrected chi connectivity index (χ1v) is 6.11. The normalized spacial score (nSPS) is 14.0. The van der Waals surface area contributed by atoms with Gasteiger partial charge in [0.05, 0.1) is 0 Å². The van der Waals surface area contributed by atoms with Gasteiger partial charge in [-0.25, -0.2) is 5.90 Å². The van der Waals surface area contributed by atoms with Crippen molar-refractivity contribution in [2.24, 2.45) is 5.90 Å². The Balaban J connectivity index is 2.79. The summed E-state index contributed by atoms with van der Waals surface area (Å²) in [5.74, 6) is 4.81. The highest BCUT2D eigenvalue weighted by atomic mass is 32.5. The molecule has 0 bridgehead atoms. The standard InChI is InChI=1S/C6H10NO2PS/c7-9-10(8)11-6-4-2-1-3-5-6/h1-5,8,10-11H,7H2. The summed E-state index contributed by atoms with van der Waals surface area (Å²) in [5, 5.41) is 0. The van der Waals surface area contributed by atoms with Crippen LogP contribution in [0.5, 0.6) is 0 Å². The van der Waals surface area contributed by atoms with Gasteiger partial charge in [0.15, 0.2) is 7.15 Å². The lowest BCUT2D eigenvalue weighted by Crippen LogP contribution is -1.87. The van der Waals surface area contributed by atoms with Crippen LogP contribution >= 0.6 is 7.15 Å². The number of hydrogen-bond acceptors (Lipinski definition) is 2. The summed E-state index contributed by atoms with van der Waals surface area (Å²) in [6, 6.07) is 9.58. The van der Waals surface area contributed by atoms with Crippen LogP contribution in [0.1, 0.15) is 0 Å². The van der Waals surface area contributed by atoms with E-state index in [1.807, 2.05) is 30.3 Å². The Labute approximate surface area is 69.3 Å². The molecule has 0 spiro atoms. The summed E-state index contributed by atoms with van der Waals surface area (Å²) in [7, 11) is -1.06. The molecule has 0 aliphatic heterocycles. The van der Waals surface area contributed by atoms with E-state index in [0.717, 1.165) is 15.8 Å². The van der Waals surface area contributed by atoms with Gasteiger partial charge in [0.1, 0.15) is 0 Å². The molecule has 1 atom stereocenters. The zero-order valence-corrected chi connectivity index (χ0v) is 7.66. The van der Waals surface area contributed by atoms with Gasteiger partial charge in [-0.1, -0.05) is 18.2 Å². The fourth-order valence-corrected chi connectivity index (χ4v) is 2.50. The molecule has 0 amide bonds. The van der Waals surface area contributed by atoms with Gasteiger partial charge in [-0.3, -0.25) is 4.62 Å². The van der Waals surface area contributed by atoms with E-state index in [-0.39, 0.29) is 0 Å². The Hall–Kier alpha value is -0.120. The summed E-state index contributed by atoms with van der Waals surface area (Å²) in [4.78, 5) is 10.1. The number of thiol groups is 1. The first kappa shape index (κ1) is 8.97. The maximum absolute atomic E-state index is 9.05. The fourth-order valence-electron chi connectivity index (χ4n) is 0.639. The lowest BCUT2D eigenvalue weighted by molar-refractivity contribution is 0.340. The van der Waals surface area contributed by atoms with E-state index >= 15 is 0 Å². The number of benzene rings is 1. The van der Waals surface area contributed by atoms with Crippen molar-refractivity contribution in [1.29, 1.82) is 0 Å².